The predicted octanol–water partition coefficient (Wildman–Crippen LogP) is 7.43. The van der Waals surface area contributed by atoms with Gasteiger partial charge in [-0.3, -0.25) is 9.59 Å². The zero-order valence-corrected chi connectivity index (χ0v) is 26.9. The van der Waals surface area contributed by atoms with Gasteiger partial charge in [-0.25, -0.2) is 9.97 Å². The molecule has 6 nitrogen and oxygen atoms in total. The first-order valence-electron chi connectivity index (χ1n) is 15.1. The summed E-state index contributed by atoms with van der Waals surface area (Å²) in [5.74, 6) is 0.431. The van der Waals surface area contributed by atoms with E-state index in [2.05, 4.69) is 81.1 Å². The van der Waals surface area contributed by atoms with Crippen LogP contribution in [0.15, 0.2) is 73.1 Å². The van der Waals surface area contributed by atoms with Gasteiger partial charge in [0.1, 0.15) is 6.04 Å². The van der Waals surface area contributed by atoms with Crippen molar-refractivity contribution in [3.8, 4) is 22.5 Å². The third kappa shape index (κ3) is 7.39. The van der Waals surface area contributed by atoms with Crippen LogP contribution in [0.25, 0.3) is 22.5 Å². The van der Waals surface area contributed by atoms with Gasteiger partial charge in [-0.05, 0) is 52.5 Å². The monoisotopic (exact) mass is 594 g/mol. The molecule has 1 aliphatic rings. The minimum absolute atomic E-state index is 0.0167. The summed E-state index contributed by atoms with van der Waals surface area (Å²) in [6.07, 6.45) is 6.14. The fraction of sp³-hybridized carbons (Fsp3) is 0.389. The second kappa shape index (κ2) is 12.4. The number of amides is 2. The minimum Gasteiger partial charge on any atom is -0.341 e. The first-order chi connectivity index (χ1) is 20.4. The molecule has 1 saturated heterocycles. The van der Waals surface area contributed by atoms with E-state index in [1.807, 2.05) is 53.7 Å². The van der Waals surface area contributed by atoms with E-state index in [4.69, 9.17) is 0 Å². The van der Waals surface area contributed by atoms with Crippen molar-refractivity contribution in [2.45, 2.75) is 77.7 Å². The molecule has 4 aromatic rings. The van der Waals surface area contributed by atoms with Crippen molar-refractivity contribution in [3.05, 3.63) is 93.9 Å². The van der Waals surface area contributed by atoms with Crippen LogP contribution in [-0.2, 0) is 22.0 Å². The number of benzene rings is 2. The predicted molar refractivity (Wildman–Crippen MR) is 175 cm³/mol. The highest BCUT2D eigenvalue weighted by atomic mass is 32.1. The molecule has 7 heteroatoms. The molecular weight excluding hydrogens is 552 g/mol. The highest BCUT2D eigenvalue weighted by Crippen LogP contribution is 2.30. The maximum absolute atomic E-state index is 13.5. The number of likely N-dealkylation sites (tertiary alicyclic amines) is 1. The Labute approximate surface area is 259 Å². The van der Waals surface area contributed by atoms with E-state index in [1.54, 1.807) is 0 Å². The number of thiophene rings is 1. The lowest BCUT2D eigenvalue weighted by Crippen LogP contribution is -2.48. The van der Waals surface area contributed by atoms with Crippen molar-refractivity contribution in [2.75, 3.05) is 13.1 Å². The molecule has 5 rings (SSSR count). The molecule has 2 aromatic carbocycles. The number of aromatic nitrogens is 2. The Bertz CT molecular complexity index is 1550. The van der Waals surface area contributed by atoms with Crippen molar-refractivity contribution in [3.63, 3.8) is 0 Å². The molecule has 1 aliphatic heterocycles. The number of nitrogens with one attached hydrogen (secondary N) is 1. The molecule has 0 radical (unpaired) electrons. The van der Waals surface area contributed by atoms with Crippen molar-refractivity contribution >= 4 is 23.2 Å². The summed E-state index contributed by atoms with van der Waals surface area (Å²) >= 11 is 1.49. The first-order valence-corrected chi connectivity index (χ1v) is 15.9. The van der Waals surface area contributed by atoms with Crippen LogP contribution in [0.3, 0.4) is 0 Å². The molecule has 0 spiro atoms. The number of hydrogen-bond acceptors (Lipinski definition) is 5. The Balaban J connectivity index is 1.29. The van der Waals surface area contributed by atoms with E-state index in [1.165, 1.54) is 16.9 Å². The normalized spacial score (nSPS) is 14.5. The SMILES string of the molecule is CC(C)(C)c1ccc(-c2cnc(-c3ccc(C[C@H](NC(=O)c4ccc(C(C)(C)C)s4)C(=O)N4CCCC4)cc3)nc2)cc1. The highest BCUT2D eigenvalue weighted by molar-refractivity contribution is 7.14. The molecule has 3 heterocycles. The lowest BCUT2D eigenvalue weighted by molar-refractivity contribution is -0.132. The van der Waals surface area contributed by atoms with Crippen LogP contribution in [-0.4, -0.2) is 45.8 Å². The average Bonchev–Trinajstić information content (AvgIpc) is 3.70. The maximum Gasteiger partial charge on any atom is 0.262 e. The van der Waals surface area contributed by atoms with Gasteiger partial charge in [0.25, 0.3) is 5.91 Å². The standard InChI is InChI=1S/C36H42N4O2S/c1-35(2,3)28-15-13-25(14-16-28)27-22-37-32(38-23-27)26-11-9-24(10-12-26)21-29(34(42)40-19-7-8-20-40)39-33(41)30-17-18-31(43-30)36(4,5)6/h9-18,22-23,29H,7-8,19-21H2,1-6H3,(H,39,41)/t29-/m0/s1. The molecular formula is C36H42N4O2S. The summed E-state index contributed by atoms with van der Waals surface area (Å²) < 4.78 is 0. The summed E-state index contributed by atoms with van der Waals surface area (Å²) in [4.78, 5) is 39.6. The van der Waals surface area contributed by atoms with Gasteiger partial charge in [-0.1, -0.05) is 90.1 Å². The quantitative estimate of drug-likeness (QED) is 0.241. The maximum atomic E-state index is 13.5. The van der Waals surface area contributed by atoms with Crippen LogP contribution in [0, 0.1) is 0 Å². The topological polar surface area (TPSA) is 75.2 Å². The Morgan fingerprint density at radius 3 is 1.95 bits per heavy atom. The Morgan fingerprint density at radius 2 is 1.40 bits per heavy atom. The second-order valence-electron chi connectivity index (χ2n) is 13.5. The molecule has 0 bridgehead atoms. The van der Waals surface area contributed by atoms with Gasteiger partial charge in [-0.15, -0.1) is 11.3 Å². The minimum atomic E-state index is -0.628. The number of rotatable bonds is 7. The Morgan fingerprint density at radius 1 is 0.791 bits per heavy atom. The van der Waals surface area contributed by atoms with Crippen molar-refractivity contribution in [1.82, 2.24) is 20.2 Å². The number of nitrogens with zero attached hydrogens (tertiary/aromatic N) is 3. The molecule has 0 unspecified atom stereocenters. The van der Waals surface area contributed by atoms with E-state index < -0.39 is 6.04 Å². The molecule has 1 fully saturated rings. The van der Waals surface area contributed by atoms with E-state index in [-0.39, 0.29) is 22.6 Å². The fourth-order valence-corrected chi connectivity index (χ4v) is 6.23. The third-order valence-electron chi connectivity index (χ3n) is 7.98. The fourth-order valence-electron chi connectivity index (χ4n) is 5.26. The van der Waals surface area contributed by atoms with Gasteiger partial charge in [0.2, 0.25) is 5.91 Å². The molecule has 43 heavy (non-hydrogen) atoms. The zero-order valence-electron chi connectivity index (χ0n) is 26.1. The molecule has 1 atom stereocenters. The molecule has 2 aromatic heterocycles. The Hall–Kier alpha value is -3.84. The number of carbonyl (C=O) groups is 2. The van der Waals surface area contributed by atoms with Crippen LogP contribution < -0.4 is 5.32 Å². The van der Waals surface area contributed by atoms with Gasteiger partial charge < -0.3 is 10.2 Å². The van der Waals surface area contributed by atoms with E-state index >= 15 is 0 Å². The van der Waals surface area contributed by atoms with Gasteiger partial charge in [-0.2, -0.15) is 0 Å². The zero-order chi connectivity index (χ0) is 30.8. The summed E-state index contributed by atoms with van der Waals surface area (Å²) in [7, 11) is 0. The highest BCUT2D eigenvalue weighted by Gasteiger charge is 2.29. The smallest absolute Gasteiger partial charge is 0.262 e. The van der Waals surface area contributed by atoms with Crippen LogP contribution in [0.4, 0.5) is 0 Å². The van der Waals surface area contributed by atoms with Crippen molar-refractivity contribution in [2.24, 2.45) is 0 Å². The summed E-state index contributed by atoms with van der Waals surface area (Å²) in [6.45, 7) is 14.5. The number of carbonyl (C=O) groups excluding carboxylic acids is 2. The second-order valence-corrected chi connectivity index (χ2v) is 14.6. The van der Waals surface area contributed by atoms with E-state index in [0.29, 0.717) is 17.1 Å². The van der Waals surface area contributed by atoms with E-state index in [9.17, 15) is 9.59 Å². The first kappa shape index (κ1) is 30.6. The van der Waals surface area contributed by atoms with Crippen LogP contribution in [0.1, 0.15) is 80.1 Å². The van der Waals surface area contributed by atoms with Crippen molar-refractivity contribution < 1.29 is 9.59 Å². The largest absolute Gasteiger partial charge is 0.341 e. The summed E-state index contributed by atoms with van der Waals surface area (Å²) in [5.41, 5.74) is 5.30. The van der Waals surface area contributed by atoms with Gasteiger partial charge >= 0.3 is 0 Å². The lowest BCUT2D eigenvalue weighted by atomic mass is 9.86. The molecule has 2 amide bonds. The van der Waals surface area contributed by atoms with Crippen LogP contribution >= 0.6 is 11.3 Å². The van der Waals surface area contributed by atoms with Crippen LogP contribution in [0.5, 0.6) is 0 Å². The van der Waals surface area contributed by atoms with Gasteiger partial charge in [0.15, 0.2) is 5.82 Å². The van der Waals surface area contributed by atoms with E-state index in [0.717, 1.165) is 53.1 Å². The number of hydrogen-bond donors (Lipinski definition) is 1. The molecule has 224 valence electrons. The van der Waals surface area contributed by atoms with Gasteiger partial charge in [0, 0.05) is 47.9 Å². The lowest BCUT2D eigenvalue weighted by Gasteiger charge is -2.24. The average molecular weight is 595 g/mol. The molecule has 0 aliphatic carbocycles. The summed E-state index contributed by atoms with van der Waals surface area (Å²) in [5, 5.41) is 3.06. The molecule has 1 N–H and O–H groups in total. The Kier molecular flexibility index (Phi) is 8.84. The third-order valence-corrected chi connectivity index (χ3v) is 9.49. The van der Waals surface area contributed by atoms with Crippen LogP contribution in [0.2, 0.25) is 0 Å². The summed E-state index contributed by atoms with van der Waals surface area (Å²) in [6, 6.07) is 19.8. The van der Waals surface area contributed by atoms with Gasteiger partial charge in [0.05, 0.1) is 4.88 Å². The van der Waals surface area contributed by atoms with Crippen molar-refractivity contribution in [1.29, 1.82) is 0 Å². The molecule has 0 saturated carbocycles.